The fourth-order valence-corrected chi connectivity index (χ4v) is 3.95. The van der Waals surface area contributed by atoms with Crippen LogP contribution >= 0.6 is 11.8 Å². The average molecular weight is 442 g/mol. The summed E-state index contributed by atoms with van der Waals surface area (Å²) in [6.07, 6.45) is 3.81. The van der Waals surface area contributed by atoms with Gasteiger partial charge in [0.2, 0.25) is 11.8 Å². The van der Waals surface area contributed by atoms with E-state index in [1.807, 2.05) is 12.3 Å². The first-order chi connectivity index (χ1) is 15.0. The van der Waals surface area contributed by atoms with Crippen LogP contribution in [-0.4, -0.2) is 49.4 Å². The number of carbonyl (C=O) groups excluding carboxylic acids is 3. The molecule has 1 aliphatic rings. The lowest BCUT2D eigenvalue weighted by atomic mass is 10.1. The van der Waals surface area contributed by atoms with Crippen molar-refractivity contribution in [1.82, 2.24) is 5.32 Å². The summed E-state index contributed by atoms with van der Waals surface area (Å²) in [5, 5.41) is 5.71. The number of hydrogen-bond acceptors (Lipinski definition) is 5. The largest absolute Gasteiger partial charge is 0.496 e. The minimum Gasteiger partial charge on any atom is -0.496 e. The highest BCUT2D eigenvalue weighted by Crippen LogP contribution is 2.24. The number of rotatable bonds is 9. The van der Waals surface area contributed by atoms with Gasteiger partial charge in [-0.05, 0) is 55.2 Å². The van der Waals surface area contributed by atoms with Crippen molar-refractivity contribution in [1.29, 1.82) is 0 Å². The van der Waals surface area contributed by atoms with Gasteiger partial charge in [0, 0.05) is 24.3 Å². The Labute approximate surface area is 186 Å². The molecule has 0 bridgehead atoms. The molecule has 164 valence electrons. The van der Waals surface area contributed by atoms with Crippen LogP contribution in [0.15, 0.2) is 48.5 Å². The van der Waals surface area contributed by atoms with Crippen LogP contribution in [-0.2, 0) is 9.59 Å². The molecule has 1 saturated heterocycles. The maximum absolute atomic E-state index is 13.0. The number of ether oxygens (including phenoxy) is 1. The topological polar surface area (TPSA) is 87.7 Å². The van der Waals surface area contributed by atoms with Crippen LogP contribution in [0.1, 0.15) is 29.6 Å². The summed E-state index contributed by atoms with van der Waals surface area (Å²) in [6, 6.07) is 13.4. The van der Waals surface area contributed by atoms with Crippen LogP contribution in [0, 0.1) is 0 Å². The Hall–Kier alpha value is -3.00. The lowest BCUT2D eigenvalue weighted by molar-refractivity contribution is -0.118. The molecule has 3 amide bonds. The Balaban J connectivity index is 1.72. The third-order valence-corrected chi connectivity index (χ3v) is 5.73. The van der Waals surface area contributed by atoms with Crippen molar-refractivity contribution in [2.24, 2.45) is 0 Å². The average Bonchev–Trinajstić information content (AvgIpc) is 3.22. The summed E-state index contributed by atoms with van der Waals surface area (Å²) in [5.74, 6) is 0.585. The maximum atomic E-state index is 13.0. The number of carbonyl (C=O) groups is 3. The third-order valence-electron chi connectivity index (χ3n) is 5.08. The van der Waals surface area contributed by atoms with E-state index in [1.165, 1.54) is 7.11 Å². The molecule has 2 aromatic carbocycles. The number of thioether (sulfide) groups is 1. The van der Waals surface area contributed by atoms with Crippen molar-refractivity contribution >= 4 is 40.9 Å². The fourth-order valence-electron chi connectivity index (χ4n) is 3.47. The summed E-state index contributed by atoms with van der Waals surface area (Å²) < 4.78 is 5.26. The maximum Gasteiger partial charge on any atom is 0.255 e. The molecule has 1 unspecified atom stereocenters. The number of benzene rings is 2. The molecule has 2 N–H and O–H groups in total. The quantitative estimate of drug-likeness (QED) is 0.623. The molecule has 8 heteroatoms. The van der Waals surface area contributed by atoms with Crippen molar-refractivity contribution < 1.29 is 19.1 Å². The minimum atomic E-state index is -0.707. The van der Waals surface area contributed by atoms with Gasteiger partial charge in [-0.3, -0.25) is 14.4 Å². The molecule has 3 rings (SSSR count). The number of anilines is 2. The first-order valence-corrected chi connectivity index (χ1v) is 11.6. The van der Waals surface area contributed by atoms with Gasteiger partial charge in [0.05, 0.1) is 12.7 Å². The second kappa shape index (κ2) is 10.9. The molecule has 31 heavy (non-hydrogen) atoms. The van der Waals surface area contributed by atoms with Gasteiger partial charge in [-0.15, -0.1) is 0 Å². The van der Waals surface area contributed by atoms with E-state index < -0.39 is 6.04 Å². The number of para-hydroxylation sites is 1. The zero-order valence-corrected chi connectivity index (χ0v) is 18.5. The Kier molecular flexibility index (Phi) is 7.94. The van der Waals surface area contributed by atoms with E-state index in [0.29, 0.717) is 42.1 Å². The zero-order valence-electron chi connectivity index (χ0n) is 17.7. The van der Waals surface area contributed by atoms with Crippen LogP contribution in [0.3, 0.4) is 0 Å². The van der Waals surface area contributed by atoms with Gasteiger partial charge in [-0.1, -0.05) is 18.2 Å². The number of hydrogen-bond donors (Lipinski definition) is 2. The molecular weight excluding hydrogens is 414 g/mol. The summed E-state index contributed by atoms with van der Waals surface area (Å²) in [4.78, 5) is 39.5. The normalized spacial score (nSPS) is 14.3. The summed E-state index contributed by atoms with van der Waals surface area (Å²) in [7, 11) is 1.50. The van der Waals surface area contributed by atoms with Crippen LogP contribution in [0.4, 0.5) is 11.4 Å². The fraction of sp³-hybridized carbons (Fsp3) is 0.348. The molecule has 1 aliphatic heterocycles. The van der Waals surface area contributed by atoms with Gasteiger partial charge in [0.1, 0.15) is 11.8 Å². The number of methoxy groups -OCH3 is 1. The van der Waals surface area contributed by atoms with E-state index in [-0.39, 0.29) is 17.7 Å². The van der Waals surface area contributed by atoms with E-state index in [9.17, 15) is 14.4 Å². The molecule has 0 spiro atoms. The Bertz CT molecular complexity index is 950. The second-order valence-electron chi connectivity index (χ2n) is 7.20. The molecule has 0 aliphatic carbocycles. The van der Waals surface area contributed by atoms with E-state index in [1.54, 1.807) is 59.1 Å². The SMILES string of the molecule is COc1ccccc1C(=O)NC(CCSC)C(=O)Nc1cccc(N2CCCC2=O)c1. The van der Waals surface area contributed by atoms with E-state index in [4.69, 9.17) is 4.74 Å². The van der Waals surface area contributed by atoms with Gasteiger partial charge in [-0.2, -0.15) is 11.8 Å². The molecule has 0 saturated carbocycles. The Morgan fingerprint density at radius 1 is 1.19 bits per heavy atom. The van der Waals surface area contributed by atoms with Crippen LogP contribution < -0.4 is 20.3 Å². The van der Waals surface area contributed by atoms with E-state index in [2.05, 4.69) is 10.6 Å². The molecule has 0 radical (unpaired) electrons. The minimum absolute atomic E-state index is 0.0883. The molecule has 1 heterocycles. The molecular formula is C23H27N3O4S. The molecule has 1 atom stereocenters. The Morgan fingerprint density at radius 3 is 2.71 bits per heavy atom. The monoisotopic (exact) mass is 441 g/mol. The predicted molar refractivity (Wildman–Crippen MR) is 124 cm³/mol. The first-order valence-electron chi connectivity index (χ1n) is 10.2. The van der Waals surface area contributed by atoms with E-state index in [0.717, 1.165) is 12.1 Å². The molecule has 0 aromatic heterocycles. The van der Waals surface area contributed by atoms with Gasteiger partial charge in [0.25, 0.3) is 5.91 Å². The number of nitrogens with zero attached hydrogens (tertiary/aromatic N) is 1. The third kappa shape index (κ3) is 5.79. The highest BCUT2D eigenvalue weighted by Gasteiger charge is 2.24. The van der Waals surface area contributed by atoms with Gasteiger partial charge in [-0.25, -0.2) is 0 Å². The van der Waals surface area contributed by atoms with Crippen molar-refractivity contribution in [3.05, 3.63) is 54.1 Å². The predicted octanol–water partition coefficient (Wildman–Crippen LogP) is 3.31. The summed E-state index contributed by atoms with van der Waals surface area (Å²) in [5.41, 5.74) is 1.73. The van der Waals surface area contributed by atoms with Crippen LogP contribution in [0.5, 0.6) is 5.75 Å². The van der Waals surface area contributed by atoms with Crippen molar-refractivity contribution in [2.75, 3.05) is 35.9 Å². The zero-order chi connectivity index (χ0) is 22.2. The van der Waals surface area contributed by atoms with Crippen molar-refractivity contribution in [3.8, 4) is 5.75 Å². The number of amides is 3. The van der Waals surface area contributed by atoms with Crippen LogP contribution in [0.2, 0.25) is 0 Å². The first kappa shape index (κ1) is 22.7. The highest BCUT2D eigenvalue weighted by molar-refractivity contribution is 7.98. The highest BCUT2D eigenvalue weighted by atomic mass is 32.2. The standard InChI is InChI=1S/C23H27N3O4S/c1-30-20-10-4-3-9-18(20)22(28)25-19(12-14-31-2)23(29)24-16-7-5-8-17(15-16)26-13-6-11-21(26)27/h3-5,7-10,15,19H,6,11-14H2,1-2H3,(H,24,29)(H,25,28). The lowest BCUT2D eigenvalue weighted by Gasteiger charge is -2.20. The van der Waals surface area contributed by atoms with Gasteiger partial charge in [0.15, 0.2) is 0 Å². The smallest absolute Gasteiger partial charge is 0.255 e. The summed E-state index contributed by atoms with van der Waals surface area (Å²) >= 11 is 1.60. The van der Waals surface area contributed by atoms with E-state index >= 15 is 0 Å². The number of nitrogens with one attached hydrogen (secondary N) is 2. The second-order valence-corrected chi connectivity index (χ2v) is 8.18. The van der Waals surface area contributed by atoms with Crippen LogP contribution in [0.25, 0.3) is 0 Å². The summed E-state index contributed by atoms with van der Waals surface area (Å²) in [6.45, 7) is 0.682. The lowest BCUT2D eigenvalue weighted by Crippen LogP contribution is -2.44. The van der Waals surface area contributed by atoms with Gasteiger partial charge >= 0.3 is 0 Å². The van der Waals surface area contributed by atoms with Gasteiger partial charge < -0.3 is 20.3 Å². The molecule has 1 fully saturated rings. The Morgan fingerprint density at radius 2 is 2.00 bits per heavy atom. The van der Waals surface area contributed by atoms with Crippen molar-refractivity contribution in [2.45, 2.75) is 25.3 Å². The molecule has 7 nitrogen and oxygen atoms in total. The van der Waals surface area contributed by atoms with Crippen molar-refractivity contribution in [3.63, 3.8) is 0 Å². The molecule has 2 aromatic rings.